The van der Waals surface area contributed by atoms with E-state index >= 15 is 0 Å². The number of hydrogen-bond acceptors (Lipinski definition) is 6. The maximum Gasteiger partial charge on any atom is 0.311 e. The second kappa shape index (κ2) is 6.74. The van der Waals surface area contributed by atoms with Crippen molar-refractivity contribution in [2.75, 3.05) is 23.8 Å². The highest BCUT2D eigenvalue weighted by molar-refractivity contribution is 5.61. The molecule has 0 aliphatic rings. The van der Waals surface area contributed by atoms with Crippen LogP contribution in [0, 0.1) is 10.1 Å². The number of hydrogen-bond donors (Lipinski definition) is 1. The Bertz CT molecular complexity index is 598. The Balaban J connectivity index is 2.26. The van der Waals surface area contributed by atoms with E-state index in [0.29, 0.717) is 18.2 Å². The van der Waals surface area contributed by atoms with Gasteiger partial charge in [0.2, 0.25) is 5.82 Å². The molecule has 0 fully saturated rings. The quantitative estimate of drug-likeness (QED) is 0.623. The molecule has 2 rings (SSSR count). The van der Waals surface area contributed by atoms with Crippen LogP contribution in [0.4, 0.5) is 17.3 Å². The number of aromatic nitrogens is 1. The molecule has 0 saturated heterocycles. The number of rotatable bonds is 7. The minimum atomic E-state index is -0.426. The van der Waals surface area contributed by atoms with Crippen molar-refractivity contribution in [2.24, 2.45) is 0 Å². The molecule has 0 aromatic carbocycles. The monoisotopic (exact) mass is 290 g/mol. The topological polar surface area (TPSA) is 84.4 Å². The van der Waals surface area contributed by atoms with Crippen molar-refractivity contribution >= 4 is 17.3 Å². The summed E-state index contributed by atoms with van der Waals surface area (Å²) in [5, 5.41) is 14.3. The maximum absolute atomic E-state index is 11.1. The molecule has 2 aromatic heterocycles. The average molecular weight is 290 g/mol. The van der Waals surface area contributed by atoms with Crippen molar-refractivity contribution < 1.29 is 9.34 Å². The van der Waals surface area contributed by atoms with Gasteiger partial charge in [0, 0.05) is 19.7 Å². The molecule has 0 atom stereocenters. The van der Waals surface area contributed by atoms with Crippen molar-refractivity contribution in [2.45, 2.75) is 19.9 Å². The molecule has 21 heavy (non-hydrogen) atoms. The first-order valence-electron chi connectivity index (χ1n) is 6.74. The maximum atomic E-state index is 11.1. The Hall–Kier alpha value is -2.57. The van der Waals surface area contributed by atoms with E-state index in [1.165, 1.54) is 6.07 Å². The van der Waals surface area contributed by atoms with E-state index in [2.05, 4.69) is 10.3 Å². The normalized spacial score (nSPS) is 10.4. The Morgan fingerprint density at radius 2 is 2.24 bits per heavy atom. The van der Waals surface area contributed by atoms with Crippen LogP contribution in [-0.4, -0.2) is 23.5 Å². The fourth-order valence-electron chi connectivity index (χ4n) is 1.93. The number of nitrogens with one attached hydrogen (secondary N) is 1. The first-order chi connectivity index (χ1) is 10.1. The molecule has 0 spiro atoms. The van der Waals surface area contributed by atoms with Crippen molar-refractivity contribution in [3.8, 4) is 0 Å². The third-order valence-electron chi connectivity index (χ3n) is 2.94. The molecule has 0 unspecified atom stereocenters. The fourth-order valence-corrected chi connectivity index (χ4v) is 1.93. The molecule has 0 saturated carbocycles. The molecule has 0 bridgehead atoms. The molecular formula is C14H18N4O3. The zero-order chi connectivity index (χ0) is 15.2. The van der Waals surface area contributed by atoms with E-state index in [-0.39, 0.29) is 5.69 Å². The van der Waals surface area contributed by atoms with E-state index in [1.807, 2.05) is 13.0 Å². The minimum Gasteiger partial charge on any atom is -0.467 e. The van der Waals surface area contributed by atoms with Gasteiger partial charge in [0.15, 0.2) is 0 Å². The van der Waals surface area contributed by atoms with Gasteiger partial charge in [-0.25, -0.2) is 4.98 Å². The van der Waals surface area contributed by atoms with Gasteiger partial charge in [-0.3, -0.25) is 10.1 Å². The summed E-state index contributed by atoms with van der Waals surface area (Å²) in [5.74, 6) is 1.67. The van der Waals surface area contributed by atoms with E-state index in [4.69, 9.17) is 4.42 Å². The van der Waals surface area contributed by atoms with Gasteiger partial charge in [-0.15, -0.1) is 0 Å². The first kappa shape index (κ1) is 14.8. The van der Waals surface area contributed by atoms with Gasteiger partial charge in [-0.05, 0) is 24.6 Å². The Kier molecular flexibility index (Phi) is 4.76. The molecule has 0 aliphatic carbocycles. The van der Waals surface area contributed by atoms with Crippen LogP contribution in [0.5, 0.6) is 0 Å². The van der Waals surface area contributed by atoms with Crippen molar-refractivity contribution in [1.29, 1.82) is 0 Å². The third-order valence-corrected chi connectivity index (χ3v) is 2.94. The molecule has 112 valence electrons. The van der Waals surface area contributed by atoms with Gasteiger partial charge in [-0.2, -0.15) is 0 Å². The van der Waals surface area contributed by atoms with Crippen molar-refractivity contribution in [3.63, 3.8) is 0 Å². The predicted molar refractivity (Wildman–Crippen MR) is 80.5 cm³/mol. The minimum absolute atomic E-state index is 0.0221. The summed E-state index contributed by atoms with van der Waals surface area (Å²) in [6.45, 7) is 3.23. The molecular weight excluding hydrogens is 272 g/mol. The van der Waals surface area contributed by atoms with Gasteiger partial charge < -0.3 is 14.6 Å². The van der Waals surface area contributed by atoms with Gasteiger partial charge in [-0.1, -0.05) is 6.92 Å². The molecule has 0 radical (unpaired) electrons. The lowest BCUT2D eigenvalue weighted by molar-refractivity contribution is -0.384. The SMILES string of the molecule is CCCNc1ccc([N+](=O)[O-])c(N(C)Cc2ccco2)n1. The van der Waals surface area contributed by atoms with Crippen molar-refractivity contribution in [1.82, 2.24) is 4.98 Å². The highest BCUT2D eigenvalue weighted by Crippen LogP contribution is 2.28. The predicted octanol–water partition coefficient (Wildman–Crippen LogP) is 3.04. The lowest BCUT2D eigenvalue weighted by atomic mass is 10.3. The molecule has 0 aliphatic heterocycles. The largest absolute Gasteiger partial charge is 0.467 e. The summed E-state index contributed by atoms with van der Waals surface area (Å²) in [6, 6.07) is 6.70. The van der Waals surface area contributed by atoms with Crippen LogP contribution in [0.3, 0.4) is 0 Å². The van der Waals surface area contributed by atoms with Crippen LogP contribution < -0.4 is 10.2 Å². The second-order valence-corrected chi connectivity index (χ2v) is 4.66. The summed E-state index contributed by atoms with van der Waals surface area (Å²) in [7, 11) is 1.75. The van der Waals surface area contributed by atoms with Crippen LogP contribution in [-0.2, 0) is 6.54 Å². The zero-order valence-corrected chi connectivity index (χ0v) is 12.1. The number of furan rings is 1. The summed E-state index contributed by atoms with van der Waals surface area (Å²) in [5.41, 5.74) is -0.0221. The van der Waals surface area contributed by atoms with E-state index in [9.17, 15) is 10.1 Å². The lowest BCUT2D eigenvalue weighted by Crippen LogP contribution is -2.19. The van der Waals surface area contributed by atoms with Crippen LogP contribution in [0.25, 0.3) is 0 Å². The highest BCUT2D eigenvalue weighted by Gasteiger charge is 2.20. The summed E-state index contributed by atoms with van der Waals surface area (Å²) in [6.07, 6.45) is 2.53. The van der Waals surface area contributed by atoms with Gasteiger partial charge in [0.1, 0.15) is 11.6 Å². The fraction of sp³-hybridized carbons (Fsp3) is 0.357. The third kappa shape index (κ3) is 3.71. The molecule has 1 N–H and O–H groups in total. The highest BCUT2D eigenvalue weighted by atomic mass is 16.6. The number of nitrogens with zero attached hydrogens (tertiary/aromatic N) is 3. The first-order valence-corrected chi connectivity index (χ1v) is 6.74. The van der Waals surface area contributed by atoms with E-state index < -0.39 is 4.92 Å². The smallest absolute Gasteiger partial charge is 0.311 e. The average Bonchev–Trinajstić information content (AvgIpc) is 2.97. The van der Waals surface area contributed by atoms with Gasteiger partial charge >= 0.3 is 5.69 Å². The van der Waals surface area contributed by atoms with Crippen molar-refractivity contribution in [3.05, 3.63) is 46.4 Å². The van der Waals surface area contributed by atoms with Gasteiger partial charge in [0.05, 0.1) is 17.7 Å². The van der Waals surface area contributed by atoms with E-state index in [0.717, 1.165) is 18.7 Å². The lowest BCUT2D eigenvalue weighted by Gasteiger charge is -2.17. The summed E-state index contributed by atoms with van der Waals surface area (Å²) >= 11 is 0. The Labute approximate surface area is 122 Å². The van der Waals surface area contributed by atoms with Gasteiger partial charge in [0.25, 0.3) is 0 Å². The summed E-state index contributed by atoms with van der Waals surface area (Å²) < 4.78 is 5.27. The molecule has 2 aromatic rings. The molecule has 0 amide bonds. The van der Waals surface area contributed by atoms with E-state index in [1.54, 1.807) is 30.3 Å². The molecule has 7 heteroatoms. The standard InChI is InChI=1S/C14H18N4O3/c1-3-8-15-13-7-6-12(18(19)20)14(16-13)17(2)10-11-5-4-9-21-11/h4-7,9H,3,8,10H2,1-2H3,(H,15,16). The second-order valence-electron chi connectivity index (χ2n) is 4.66. The van der Waals surface area contributed by atoms with Crippen LogP contribution >= 0.6 is 0 Å². The number of pyridine rings is 1. The zero-order valence-electron chi connectivity index (χ0n) is 12.1. The number of anilines is 2. The van der Waals surface area contributed by atoms with Crippen LogP contribution in [0.2, 0.25) is 0 Å². The summed E-state index contributed by atoms with van der Waals surface area (Å²) in [4.78, 5) is 16.8. The number of nitro groups is 1. The molecule has 7 nitrogen and oxygen atoms in total. The van der Waals surface area contributed by atoms with Crippen LogP contribution in [0.1, 0.15) is 19.1 Å². The Morgan fingerprint density at radius 3 is 2.86 bits per heavy atom. The molecule has 2 heterocycles. The Morgan fingerprint density at radius 1 is 1.43 bits per heavy atom. The van der Waals surface area contributed by atoms with Crippen LogP contribution in [0.15, 0.2) is 34.9 Å².